The Kier molecular flexibility index (Phi) is 8.71. The van der Waals surface area contributed by atoms with Crippen LogP contribution in [0.5, 0.6) is 5.75 Å². The number of hydrogen-bond acceptors (Lipinski definition) is 8. The highest BCUT2D eigenvalue weighted by molar-refractivity contribution is 6.00. The van der Waals surface area contributed by atoms with Gasteiger partial charge >= 0.3 is 6.03 Å². The molecule has 1 aromatic heterocycles. The number of urea groups is 1. The Hall–Kier alpha value is -4.52. The summed E-state index contributed by atoms with van der Waals surface area (Å²) in [6.07, 6.45) is 0.862. The van der Waals surface area contributed by atoms with Crippen LogP contribution in [0.25, 0.3) is 0 Å². The summed E-state index contributed by atoms with van der Waals surface area (Å²) in [6.45, 7) is 3.93. The van der Waals surface area contributed by atoms with Crippen molar-refractivity contribution in [1.82, 2.24) is 30.0 Å². The van der Waals surface area contributed by atoms with Gasteiger partial charge in [-0.05, 0) is 47.7 Å². The standard InChI is InChI=1S/C26H32N8O5/c1-17-12-34(18(2)15-35)25(37)21-11-20(28-24(36)14-33-16-27-30-31-33)9-10-22(21)39-23(17)13-32(3)26(38)29-19-7-5-4-6-8-19/h4-11,16-18,23,35H,12-15H2,1-3H3,(H,28,36)(H,29,38)/t17-,18+,23+/m0/s1. The summed E-state index contributed by atoms with van der Waals surface area (Å²) in [7, 11) is 1.68. The minimum atomic E-state index is -0.461. The lowest BCUT2D eigenvalue weighted by Crippen LogP contribution is -2.50. The molecule has 0 saturated carbocycles. The van der Waals surface area contributed by atoms with E-state index in [1.165, 1.54) is 15.9 Å². The minimum absolute atomic E-state index is 0.0980. The zero-order valence-corrected chi connectivity index (χ0v) is 22.0. The number of rotatable bonds is 8. The van der Waals surface area contributed by atoms with Crippen LogP contribution in [-0.2, 0) is 11.3 Å². The van der Waals surface area contributed by atoms with E-state index in [0.29, 0.717) is 23.7 Å². The number of ether oxygens (including phenoxy) is 1. The molecule has 0 fully saturated rings. The summed E-state index contributed by atoms with van der Waals surface area (Å²) in [5, 5.41) is 26.1. The van der Waals surface area contributed by atoms with Gasteiger partial charge in [-0.3, -0.25) is 9.59 Å². The van der Waals surface area contributed by atoms with Crippen LogP contribution in [0.15, 0.2) is 54.9 Å². The number of tetrazole rings is 1. The number of nitrogens with zero attached hydrogens (tertiary/aromatic N) is 6. The van der Waals surface area contributed by atoms with Crippen molar-refractivity contribution in [3.63, 3.8) is 0 Å². The van der Waals surface area contributed by atoms with Crippen LogP contribution in [0.4, 0.5) is 16.2 Å². The minimum Gasteiger partial charge on any atom is -0.487 e. The Bertz CT molecular complexity index is 1290. The van der Waals surface area contributed by atoms with E-state index in [-0.39, 0.29) is 49.0 Å². The van der Waals surface area contributed by atoms with Crippen LogP contribution < -0.4 is 15.4 Å². The maximum absolute atomic E-state index is 13.6. The molecule has 0 aliphatic carbocycles. The number of aliphatic hydroxyl groups excluding tert-OH is 1. The molecule has 13 nitrogen and oxygen atoms in total. The SMILES string of the molecule is C[C@H](CO)N1C[C@H](C)[C@@H](CN(C)C(=O)Nc2ccccc2)Oc2ccc(NC(=O)Cn3cnnn3)cc2C1=O. The van der Waals surface area contributed by atoms with Gasteiger partial charge in [-0.15, -0.1) is 5.10 Å². The highest BCUT2D eigenvalue weighted by Crippen LogP contribution is 2.30. The van der Waals surface area contributed by atoms with Crippen LogP contribution >= 0.6 is 0 Å². The third-order valence-corrected chi connectivity index (χ3v) is 6.47. The van der Waals surface area contributed by atoms with Gasteiger partial charge in [0.25, 0.3) is 5.91 Å². The first-order valence-corrected chi connectivity index (χ1v) is 12.6. The zero-order chi connectivity index (χ0) is 27.9. The highest BCUT2D eigenvalue weighted by Gasteiger charge is 2.34. The molecule has 4 rings (SSSR count). The van der Waals surface area contributed by atoms with Crippen LogP contribution in [0.1, 0.15) is 24.2 Å². The number of likely N-dealkylation sites (N-methyl/N-ethyl adjacent to an activating group) is 1. The lowest BCUT2D eigenvalue weighted by atomic mass is 9.99. The van der Waals surface area contributed by atoms with Gasteiger partial charge in [0.15, 0.2) is 0 Å². The number of amides is 4. The number of carbonyl (C=O) groups is 3. The molecule has 1 aliphatic rings. The molecule has 0 radical (unpaired) electrons. The third-order valence-electron chi connectivity index (χ3n) is 6.47. The largest absolute Gasteiger partial charge is 0.487 e. The summed E-state index contributed by atoms with van der Waals surface area (Å²) in [5.41, 5.74) is 1.31. The van der Waals surface area contributed by atoms with Crippen molar-refractivity contribution in [3.05, 3.63) is 60.4 Å². The second-order valence-corrected chi connectivity index (χ2v) is 9.57. The van der Waals surface area contributed by atoms with Gasteiger partial charge in [0.05, 0.1) is 24.8 Å². The number of fused-ring (bicyclic) bond motifs is 1. The molecular formula is C26H32N8O5. The van der Waals surface area contributed by atoms with Gasteiger partial charge < -0.3 is 30.3 Å². The van der Waals surface area contributed by atoms with E-state index in [9.17, 15) is 19.5 Å². The van der Waals surface area contributed by atoms with Gasteiger partial charge in [0.2, 0.25) is 5.91 Å². The molecule has 2 aromatic carbocycles. The number of para-hydroxylation sites is 1. The maximum Gasteiger partial charge on any atom is 0.321 e. The van der Waals surface area contributed by atoms with Gasteiger partial charge in [-0.25, -0.2) is 9.48 Å². The van der Waals surface area contributed by atoms with E-state index in [4.69, 9.17) is 4.74 Å². The first-order valence-electron chi connectivity index (χ1n) is 12.6. The molecule has 39 heavy (non-hydrogen) atoms. The molecule has 2 heterocycles. The highest BCUT2D eigenvalue weighted by atomic mass is 16.5. The van der Waals surface area contributed by atoms with Crippen LogP contribution in [-0.4, -0.2) is 91.8 Å². The van der Waals surface area contributed by atoms with Crippen molar-refractivity contribution in [2.75, 3.05) is 37.4 Å². The third kappa shape index (κ3) is 6.87. The average Bonchev–Trinajstić information content (AvgIpc) is 3.43. The Morgan fingerprint density at radius 2 is 1.95 bits per heavy atom. The van der Waals surface area contributed by atoms with Crippen molar-refractivity contribution in [1.29, 1.82) is 0 Å². The lowest BCUT2D eigenvalue weighted by molar-refractivity contribution is -0.116. The lowest BCUT2D eigenvalue weighted by Gasteiger charge is -2.38. The second kappa shape index (κ2) is 12.3. The second-order valence-electron chi connectivity index (χ2n) is 9.57. The molecule has 0 bridgehead atoms. The molecule has 1 aliphatic heterocycles. The molecular weight excluding hydrogens is 504 g/mol. The topological polar surface area (TPSA) is 155 Å². The summed E-state index contributed by atoms with van der Waals surface area (Å²) in [6, 6.07) is 13.2. The van der Waals surface area contributed by atoms with E-state index in [2.05, 4.69) is 26.2 Å². The number of carbonyl (C=O) groups excluding carboxylic acids is 3. The van der Waals surface area contributed by atoms with Crippen molar-refractivity contribution in [3.8, 4) is 5.75 Å². The predicted octanol–water partition coefficient (Wildman–Crippen LogP) is 1.70. The Morgan fingerprint density at radius 1 is 1.18 bits per heavy atom. The van der Waals surface area contributed by atoms with Gasteiger partial charge in [0, 0.05) is 30.9 Å². The van der Waals surface area contributed by atoms with E-state index < -0.39 is 12.1 Å². The molecule has 0 spiro atoms. The normalized spacial score (nSPS) is 17.7. The van der Waals surface area contributed by atoms with Crippen molar-refractivity contribution in [2.45, 2.75) is 32.5 Å². The van der Waals surface area contributed by atoms with Crippen molar-refractivity contribution in [2.24, 2.45) is 5.92 Å². The predicted molar refractivity (Wildman–Crippen MR) is 142 cm³/mol. The molecule has 13 heteroatoms. The van der Waals surface area contributed by atoms with E-state index in [1.807, 2.05) is 25.1 Å². The number of benzene rings is 2. The van der Waals surface area contributed by atoms with Crippen molar-refractivity contribution < 1.29 is 24.2 Å². The molecule has 0 unspecified atom stereocenters. The molecule has 3 atom stereocenters. The number of anilines is 2. The average molecular weight is 537 g/mol. The summed E-state index contributed by atoms with van der Waals surface area (Å²) < 4.78 is 7.60. The van der Waals surface area contributed by atoms with Gasteiger partial charge in [-0.1, -0.05) is 25.1 Å². The van der Waals surface area contributed by atoms with E-state index in [1.54, 1.807) is 49.2 Å². The zero-order valence-electron chi connectivity index (χ0n) is 22.0. The van der Waals surface area contributed by atoms with Crippen LogP contribution in [0, 0.1) is 5.92 Å². The maximum atomic E-state index is 13.6. The number of hydrogen-bond donors (Lipinski definition) is 3. The first-order chi connectivity index (χ1) is 18.7. The number of aliphatic hydroxyl groups is 1. The number of aromatic nitrogens is 4. The molecule has 3 aromatic rings. The smallest absolute Gasteiger partial charge is 0.321 e. The Labute approximate surface area is 225 Å². The van der Waals surface area contributed by atoms with Crippen molar-refractivity contribution >= 4 is 29.2 Å². The number of nitrogens with one attached hydrogen (secondary N) is 2. The Balaban J connectivity index is 1.55. The van der Waals surface area contributed by atoms with Crippen LogP contribution in [0.3, 0.4) is 0 Å². The summed E-state index contributed by atoms with van der Waals surface area (Å²) >= 11 is 0. The molecule has 3 N–H and O–H groups in total. The van der Waals surface area contributed by atoms with Gasteiger partial charge in [0.1, 0.15) is 24.7 Å². The van der Waals surface area contributed by atoms with Gasteiger partial charge in [-0.2, -0.15) is 0 Å². The summed E-state index contributed by atoms with van der Waals surface area (Å²) in [5.74, 6) is -0.552. The molecule has 206 valence electrons. The first kappa shape index (κ1) is 27.5. The van der Waals surface area contributed by atoms with Crippen LogP contribution in [0.2, 0.25) is 0 Å². The fourth-order valence-corrected chi connectivity index (χ4v) is 4.21. The fourth-order valence-electron chi connectivity index (χ4n) is 4.21. The molecule has 4 amide bonds. The van der Waals surface area contributed by atoms with E-state index >= 15 is 0 Å². The quantitative estimate of drug-likeness (QED) is 0.393. The van der Waals surface area contributed by atoms with E-state index in [0.717, 1.165) is 0 Å². The fraction of sp³-hybridized carbons (Fsp3) is 0.385. The Morgan fingerprint density at radius 3 is 2.64 bits per heavy atom. The monoisotopic (exact) mass is 536 g/mol. The summed E-state index contributed by atoms with van der Waals surface area (Å²) in [4.78, 5) is 42.0. The molecule has 0 saturated heterocycles.